The molecule has 0 amide bonds. The summed E-state index contributed by atoms with van der Waals surface area (Å²) in [5.41, 5.74) is 0.271. The van der Waals surface area contributed by atoms with Crippen molar-refractivity contribution in [3.8, 4) is 11.5 Å². The summed E-state index contributed by atoms with van der Waals surface area (Å²) in [6.07, 6.45) is 3.27. The molecule has 0 N–H and O–H groups in total. The van der Waals surface area contributed by atoms with E-state index in [0.29, 0.717) is 16.7 Å². The number of rotatable bonds is 6. The Balaban J connectivity index is 2.18. The predicted octanol–water partition coefficient (Wildman–Crippen LogP) is 2.96. The summed E-state index contributed by atoms with van der Waals surface area (Å²) in [5.74, 6) is 0.672. The first kappa shape index (κ1) is 17.2. The molecule has 1 aromatic carbocycles. The maximum Gasteiger partial charge on any atom is 0.316 e. The zero-order valence-electron chi connectivity index (χ0n) is 13.9. The van der Waals surface area contributed by atoms with Gasteiger partial charge in [-0.2, -0.15) is 11.8 Å². The number of furan rings is 1. The van der Waals surface area contributed by atoms with Crippen LogP contribution >= 0.6 is 11.8 Å². The van der Waals surface area contributed by atoms with Crippen LogP contribution in [0, 0.1) is 0 Å². The lowest BCUT2D eigenvalue weighted by Gasteiger charge is -2.11. The molecule has 132 valence electrons. The van der Waals surface area contributed by atoms with E-state index in [4.69, 9.17) is 23.0 Å². The molecule has 0 atom stereocenters. The topological polar surface area (TPSA) is 88.1 Å². The van der Waals surface area contributed by atoms with Gasteiger partial charge < -0.3 is 23.0 Å². The Labute approximate surface area is 146 Å². The smallest absolute Gasteiger partial charge is 0.316 e. The molecule has 2 heterocycles. The molecule has 0 saturated heterocycles. The van der Waals surface area contributed by atoms with Gasteiger partial charge in [0.2, 0.25) is 5.75 Å². The van der Waals surface area contributed by atoms with Gasteiger partial charge in [-0.15, -0.1) is 0 Å². The van der Waals surface area contributed by atoms with Gasteiger partial charge in [-0.1, -0.05) is 0 Å². The Kier molecular flexibility index (Phi) is 4.89. The van der Waals surface area contributed by atoms with Crippen molar-refractivity contribution in [1.29, 1.82) is 0 Å². The number of thioether (sulfide) groups is 1. The van der Waals surface area contributed by atoms with Crippen LogP contribution in [0.15, 0.2) is 32.0 Å². The fourth-order valence-electron chi connectivity index (χ4n) is 2.60. The van der Waals surface area contributed by atoms with Gasteiger partial charge in [-0.05, 0) is 12.3 Å². The van der Waals surface area contributed by atoms with Crippen LogP contribution in [0.2, 0.25) is 0 Å². The van der Waals surface area contributed by atoms with E-state index in [2.05, 4.69) is 0 Å². The van der Waals surface area contributed by atoms with E-state index >= 15 is 0 Å². The standard InChI is InChI=1S/C17H16O7S/c1-20-14-10-4-5-22-15(10)17(21-2)16-13(14)11(18)6-9(24-16)7-23-12(19)8-25-3/h4-6H,7-8H2,1-3H3. The van der Waals surface area contributed by atoms with E-state index in [1.165, 1.54) is 38.3 Å². The molecule has 0 aliphatic carbocycles. The zero-order valence-corrected chi connectivity index (χ0v) is 14.7. The van der Waals surface area contributed by atoms with Gasteiger partial charge in [0, 0.05) is 6.07 Å². The summed E-state index contributed by atoms with van der Waals surface area (Å²) in [7, 11) is 2.92. The van der Waals surface area contributed by atoms with Crippen LogP contribution in [0.1, 0.15) is 5.76 Å². The summed E-state index contributed by atoms with van der Waals surface area (Å²) in [4.78, 5) is 24.1. The number of benzene rings is 1. The van der Waals surface area contributed by atoms with Crippen LogP contribution in [0.4, 0.5) is 0 Å². The average molecular weight is 364 g/mol. The molecule has 0 bridgehead atoms. The van der Waals surface area contributed by atoms with E-state index < -0.39 is 0 Å². The van der Waals surface area contributed by atoms with Crippen molar-refractivity contribution in [2.24, 2.45) is 0 Å². The molecule has 0 radical (unpaired) electrons. The summed E-state index contributed by atoms with van der Waals surface area (Å²) in [6, 6.07) is 2.97. The first-order valence-corrected chi connectivity index (χ1v) is 8.72. The number of ether oxygens (including phenoxy) is 3. The molecule has 3 rings (SSSR count). The molecule has 2 aromatic heterocycles. The molecule has 8 heteroatoms. The molecule has 0 aliphatic rings. The van der Waals surface area contributed by atoms with Crippen LogP contribution < -0.4 is 14.9 Å². The third-order valence-corrected chi connectivity index (χ3v) is 4.12. The van der Waals surface area contributed by atoms with Gasteiger partial charge in [0.15, 0.2) is 16.6 Å². The fourth-order valence-corrected chi connectivity index (χ4v) is 2.92. The lowest BCUT2D eigenvalue weighted by atomic mass is 10.1. The number of carbonyl (C=O) groups is 1. The van der Waals surface area contributed by atoms with Crippen molar-refractivity contribution in [3.05, 3.63) is 34.4 Å². The molecular weight excluding hydrogens is 348 g/mol. The van der Waals surface area contributed by atoms with Crippen molar-refractivity contribution in [2.75, 3.05) is 26.2 Å². The molecule has 0 unspecified atom stereocenters. The Morgan fingerprint density at radius 2 is 1.96 bits per heavy atom. The summed E-state index contributed by atoms with van der Waals surface area (Å²) >= 11 is 1.35. The molecule has 0 saturated carbocycles. The predicted molar refractivity (Wildman–Crippen MR) is 93.5 cm³/mol. The first-order valence-electron chi connectivity index (χ1n) is 7.33. The lowest BCUT2D eigenvalue weighted by molar-refractivity contribution is -0.142. The first-order chi connectivity index (χ1) is 12.1. The minimum absolute atomic E-state index is 0.147. The highest BCUT2D eigenvalue weighted by molar-refractivity contribution is 7.99. The second-order valence-corrected chi connectivity index (χ2v) is 5.97. The third-order valence-electron chi connectivity index (χ3n) is 3.59. The number of carbonyl (C=O) groups excluding carboxylic acids is 1. The number of methoxy groups -OCH3 is 2. The zero-order chi connectivity index (χ0) is 18.0. The Morgan fingerprint density at radius 1 is 1.20 bits per heavy atom. The Morgan fingerprint density at radius 3 is 2.64 bits per heavy atom. The molecule has 25 heavy (non-hydrogen) atoms. The van der Waals surface area contributed by atoms with Gasteiger partial charge in [0.25, 0.3) is 0 Å². The van der Waals surface area contributed by atoms with Crippen LogP contribution in [0.5, 0.6) is 11.5 Å². The Hall–Kier alpha value is -2.61. The highest BCUT2D eigenvalue weighted by Gasteiger charge is 2.23. The lowest BCUT2D eigenvalue weighted by Crippen LogP contribution is -2.10. The number of hydrogen-bond acceptors (Lipinski definition) is 8. The monoisotopic (exact) mass is 364 g/mol. The van der Waals surface area contributed by atoms with Gasteiger partial charge in [-0.3, -0.25) is 9.59 Å². The maximum atomic E-state index is 12.6. The van der Waals surface area contributed by atoms with Gasteiger partial charge in [0.1, 0.15) is 23.5 Å². The molecular formula is C17H16O7S. The summed E-state index contributed by atoms with van der Waals surface area (Å²) < 4.78 is 27.1. The van der Waals surface area contributed by atoms with Crippen LogP contribution in [0.25, 0.3) is 21.9 Å². The van der Waals surface area contributed by atoms with E-state index in [-0.39, 0.29) is 46.2 Å². The summed E-state index contributed by atoms with van der Waals surface area (Å²) in [6.45, 7) is -0.147. The molecule has 0 aliphatic heterocycles. The minimum Gasteiger partial charge on any atom is -0.495 e. The van der Waals surface area contributed by atoms with Crippen LogP contribution in [-0.4, -0.2) is 32.2 Å². The molecule has 0 spiro atoms. The Bertz CT molecular complexity index is 986. The van der Waals surface area contributed by atoms with E-state index in [1.807, 2.05) is 0 Å². The van der Waals surface area contributed by atoms with E-state index in [0.717, 1.165) is 0 Å². The summed E-state index contributed by atoms with van der Waals surface area (Å²) in [5, 5.41) is 0.853. The average Bonchev–Trinajstić information content (AvgIpc) is 3.07. The third kappa shape index (κ3) is 3.05. The van der Waals surface area contributed by atoms with Crippen molar-refractivity contribution in [1.82, 2.24) is 0 Å². The normalized spacial score (nSPS) is 11.0. The van der Waals surface area contributed by atoms with Crippen molar-refractivity contribution < 1.29 is 27.8 Å². The fraction of sp³-hybridized carbons (Fsp3) is 0.294. The van der Waals surface area contributed by atoms with E-state index in [9.17, 15) is 9.59 Å². The maximum absolute atomic E-state index is 12.6. The largest absolute Gasteiger partial charge is 0.495 e. The van der Waals surface area contributed by atoms with Crippen LogP contribution in [0.3, 0.4) is 0 Å². The second-order valence-electron chi connectivity index (χ2n) is 5.10. The quantitative estimate of drug-likeness (QED) is 0.617. The number of hydrogen-bond donors (Lipinski definition) is 0. The molecule has 0 fully saturated rings. The number of esters is 1. The highest BCUT2D eigenvalue weighted by atomic mass is 32.2. The van der Waals surface area contributed by atoms with Crippen molar-refractivity contribution >= 4 is 39.7 Å². The SMILES string of the molecule is COc1c2occc2c(OC)c2c(=O)cc(COC(=O)CSC)oc12. The van der Waals surface area contributed by atoms with Gasteiger partial charge >= 0.3 is 5.97 Å². The second kappa shape index (κ2) is 7.10. The molecule has 3 aromatic rings. The van der Waals surface area contributed by atoms with Gasteiger partial charge in [-0.25, -0.2) is 0 Å². The highest BCUT2D eigenvalue weighted by Crippen LogP contribution is 2.41. The van der Waals surface area contributed by atoms with Gasteiger partial charge in [0.05, 0.1) is 31.6 Å². The minimum atomic E-state index is -0.388. The van der Waals surface area contributed by atoms with Crippen LogP contribution in [-0.2, 0) is 16.1 Å². The number of fused-ring (bicyclic) bond motifs is 2. The van der Waals surface area contributed by atoms with E-state index in [1.54, 1.807) is 12.3 Å². The molecule has 7 nitrogen and oxygen atoms in total. The van der Waals surface area contributed by atoms with Crippen molar-refractivity contribution in [2.45, 2.75) is 6.61 Å². The van der Waals surface area contributed by atoms with Crippen molar-refractivity contribution in [3.63, 3.8) is 0 Å².